The van der Waals surface area contributed by atoms with Gasteiger partial charge < -0.3 is 44.5 Å². The standard InChI is InChI=1S/C30H28O12/c1-8-17-20(23(34)10(3)39-8)25(36)21-19(24(17)35)15(33)7-16-27(21)41-29-13-5-12(31)6-14(32)18(13)26(37)22-9(2)40-11(4)28(38)30(22,29)42-16/h5-11,22-23,28-29,31-34,38H,1-4H3/t8-,9+,10-,11-,22-,23-,28-,29-,30-/m1/s1. The van der Waals surface area contributed by atoms with E-state index in [0.717, 1.165) is 12.1 Å². The average molecular weight is 581 g/mol. The van der Waals surface area contributed by atoms with Gasteiger partial charge in [-0.05, 0) is 33.8 Å². The van der Waals surface area contributed by atoms with Crippen LogP contribution in [-0.4, -0.2) is 85.1 Å². The summed E-state index contributed by atoms with van der Waals surface area (Å²) in [5.74, 6) is -5.38. The van der Waals surface area contributed by atoms with E-state index in [4.69, 9.17) is 18.9 Å². The summed E-state index contributed by atoms with van der Waals surface area (Å²) in [6.45, 7) is 6.32. The van der Waals surface area contributed by atoms with Crippen molar-refractivity contribution in [3.05, 3.63) is 51.6 Å². The van der Waals surface area contributed by atoms with Gasteiger partial charge in [0, 0.05) is 28.8 Å². The van der Waals surface area contributed by atoms with E-state index in [1.807, 2.05) is 0 Å². The van der Waals surface area contributed by atoms with E-state index < -0.39 is 88.8 Å². The van der Waals surface area contributed by atoms with Gasteiger partial charge in [-0.15, -0.1) is 0 Å². The van der Waals surface area contributed by atoms with Gasteiger partial charge in [0.25, 0.3) is 0 Å². The third-order valence-electron chi connectivity index (χ3n) is 9.19. The summed E-state index contributed by atoms with van der Waals surface area (Å²) in [6, 6.07) is 3.28. The number of fused-ring (bicyclic) bond motifs is 5. The number of Topliss-reactive ketones (excluding diaryl/α,β-unsaturated/α-hetero) is 3. The first kappa shape index (κ1) is 26.9. The number of ketones is 3. The first-order valence-electron chi connectivity index (χ1n) is 13.7. The molecule has 5 aliphatic rings. The zero-order chi connectivity index (χ0) is 30.2. The molecule has 0 radical (unpaired) electrons. The minimum absolute atomic E-state index is 0.00981. The van der Waals surface area contributed by atoms with Crippen molar-refractivity contribution < 1.29 is 58.9 Å². The van der Waals surface area contributed by atoms with Crippen molar-refractivity contribution in [2.24, 2.45) is 5.92 Å². The predicted molar refractivity (Wildman–Crippen MR) is 140 cm³/mol. The van der Waals surface area contributed by atoms with Crippen LogP contribution in [0.3, 0.4) is 0 Å². The van der Waals surface area contributed by atoms with E-state index in [1.54, 1.807) is 27.7 Å². The van der Waals surface area contributed by atoms with Gasteiger partial charge in [0.1, 0.15) is 29.5 Å². The molecule has 3 aliphatic heterocycles. The lowest BCUT2D eigenvalue weighted by Gasteiger charge is -2.58. The fourth-order valence-corrected chi connectivity index (χ4v) is 7.47. The van der Waals surface area contributed by atoms with Gasteiger partial charge in [0.15, 0.2) is 40.6 Å². The second-order valence-electron chi connectivity index (χ2n) is 11.6. The Morgan fingerprint density at radius 2 is 1.43 bits per heavy atom. The first-order chi connectivity index (χ1) is 19.8. The molecule has 0 bridgehead atoms. The van der Waals surface area contributed by atoms with Gasteiger partial charge in [-0.3, -0.25) is 14.4 Å². The fourth-order valence-electron chi connectivity index (χ4n) is 7.47. The zero-order valence-electron chi connectivity index (χ0n) is 22.9. The molecule has 5 N–H and O–H groups in total. The van der Waals surface area contributed by atoms with E-state index in [2.05, 4.69) is 0 Å². The molecule has 0 unspecified atom stereocenters. The summed E-state index contributed by atoms with van der Waals surface area (Å²) in [7, 11) is 0. The van der Waals surface area contributed by atoms with Crippen LogP contribution in [0.25, 0.3) is 0 Å². The first-order valence-corrected chi connectivity index (χ1v) is 13.7. The zero-order valence-corrected chi connectivity index (χ0v) is 22.9. The molecule has 9 atom stereocenters. The molecule has 2 aliphatic carbocycles. The molecule has 12 nitrogen and oxygen atoms in total. The third-order valence-corrected chi connectivity index (χ3v) is 9.19. The van der Waals surface area contributed by atoms with Gasteiger partial charge in [0.05, 0.1) is 47.0 Å². The molecule has 1 spiro atoms. The van der Waals surface area contributed by atoms with Crippen LogP contribution in [0.5, 0.6) is 28.7 Å². The van der Waals surface area contributed by atoms with Crippen LogP contribution in [-0.2, 0) is 9.47 Å². The van der Waals surface area contributed by atoms with Gasteiger partial charge in [-0.1, -0.05) is 0 Å². The molecule has 2 aromatic carbocycles. The summed E-state index contributed by atoms with van der Waals surface area (Å²) in [5, 5.41) is 54.7. The monoisotopic (exact) mass is 580 g/mol. The summed E-state index contributed by atoms with van der Waals surface area (Å²) >= 11 is 0. The summed E-state index contributed by atoms with van der Waals surface area (Å²) in [6.07, 6.45) is -7.70. The number of aromatic hydroxyl groups is 3. The van der Waals surface area contributed by atoms with Gasteiger partial charge >= 0.3 is 0 Å². The second-order valence-corrected chi connectivity index (χ2v) is 11.6. The topological polar surface area (TPSA) is 189 Å². The fraction of sp³-hybridized carbons (Fsp3) is 0.433. The maximum absolute atomic E-state index is 14.1. The molecule has 220 valence electrons. The van der Waals surface area contributed by atoms with E-state index in [-0.39, 0.29) is 44.9 Å². The minimum atomic E-state index is -1.89. The number of phenols is 3. The quantitative estimate of drug-likeness (QED) is 0.305. The highest BCUT2D eigenvalue weighted by Gasteiger charge is 2.69. The van der Waals surface area contributed by atoms with E-state index in [9.17, 15) is 39.9 Å². The molecule has 0 amide bonds. The number of hydrogen-bond donors (Lipinski definition) is 5. The molecule has 7 rings (SSSR count). The van der Waals surface area contributed by atoms with Crippen molar-refractivity contribution in [3.8, 4) is 28.7 Å². The van der Waals surface area contributed by atoms with Crippen LogP contribution in [0.15, 0.2) is 29.3 Å². The number of phenolic OH excluding ortho intramolecular Hbond substituents is 3. The Balaban J connectivity index is 1.50. The molecule has 0 aromatic heterocycles. The summed E-state index contributed by atoms with van der Waals surface area (Å²) in [4.78, 5) is 41.7. The average Bonchev–Trinajstić information content (AvgIpc) is 2.90. The Kier molecular flexibility index (Phi) is 5.47. The van der Waals surface area contributed by atoms with Crippen LogP contribution in [0.2, 0.25) is 0 Å². The highest BCUT2D eigenvalue weighted by molar-refractivity contribution is 6.30. The highest BCUT2D eigenvalue weighted by atomic mass is 16.6. The van der Waals surface area contributed by atoms with E-state index in [0.29, 0.717) is 0 Å². The van der Waals surface area contributed by atoms with Crippen molar-refractivity contribution in [2.45, 2.75) is 76.0 Å². The summed E-state index contributed by atoms with van der Waals surface area (Å²) in [5.41, 5.74) is -3.06. The molecule has 42 heavy (non-hydrogen) atoms. The number of aliphatic hydroxyl groups is 2. The normalized spacial score (nSPS) is 36.5. The van der Waals surface area contributed by atoms with Crippen LogP contribution < -0.4 is 9.47 Å². The largest absolute Gasteiger partial charge is 0.508 e. The number of carbonyl (C=O) groups excluding carboxylic acids is 3. The van der Waals surface area contributed by atoms with Crippen LogP contribution in [0.1, 0.15) is 70.4 Å². The number of rotatable bonds is 0. The molecular weight excluding hydrogens is 552 g/mol. The van der Waals surface area contributed by atoms with Crippen LogP contribution in [0, 0.1) is 5.92 Å². The molecule has 3 heterocycles. The van der Waals surface area contributed by atoms with E-state index >= 15 is 0 Å². The number of benzene rings is 2. The Bertz CT molecular complexity index is 1660. The molecule has 2 aromatic rings. The van der Waals surface area contributed by atoms with Crippen molar-refractivity contribution >= 4 is 17.3 Å². The van der Waals surface area contributed by atoms with Gasteiger partial charge in [-0.25, -0.2) is 0 Å². The lowest BCUT2D eigenvalue weighted by Crippen LogP contribution is -2.72. The number of hydrogen-bond acceptors (Lipinski definition) is 12. The maximum Gasteiger partial charge on any atom is 0.197 e. The highest BCUT2D eigenvalue weighted by Crippen LogP contribution is 2.60. The number of carbonyl (C=O) groups is 3. The molecule has 0 saturated carbocycles. The van der Waals surface area contributed by atoms with Gasteiger partial charge in [-0.2, -0.15) is 0 Å². The Hall–Kier alpha value is -3.97. The molecule has 1 fully saturated rings. The Morgan fingerprint density at radius 1 is 0.762 bits per heavy atom. The van der Waals surface area contributed by atoms with E-state index in [1.165, 1.54) is 6.07 Å². The Labute approximate surface area is 238 Å². The predicted octanol–water partition coefficient (Wildman–Crippen LogP) is 1.88. The van der Waals surface area contributed by atoms with Gasteiger partial charge in [0.2, 0.25) is 0 Å². The van der Waals surface area contributed by atoms with Crippen LogP contribution >= 0.6 is 0 Å². The lowest BCUT2D eigenvalue weighted by molar-refractivity contribution is -0.257. The smallest absolute Gasteiger partial charge is 0.197 e. The lowest BCUT2D eigenvalue weighted by atomic mass is 9.62. The number of ether oxygens (including phenoxy) is 4. The van der Waals surface area contributed by atoms with Crippen molar-refractivity contribution in [2.75, 3.05) is 0 Å². The third kappa shape index (κ3) is 3.12. The maximum atomic E-state index is 14.1. The SMILES string of the molecule is C[C@@H]1O[C@H](C)[C@@H](O)[C@@]23Oc4cc(O)c5c(c4O[C@@H]2c2cc(O)cc(O)c2C(=O)[C@@H]13)C(=O)C1=C(C5=O)[C@@H](C)O[C@H](C)[C@H]1O. The molecular formula is C30H28O12. The van der Waals surface area contributed by atoms with Crippen LogP contribution in [0.4, 0.5) is 0 Å². The number of aliphatic hydroxyl groups excluding tert-OH is 2. The van der Waals surface area contributed by atoms with Crippen molar-refractivity contribution in [3.63, 3.8) is 0 Å². The molecule has 1 saturated heterocycles. The van der Waals surface area contributed by atoms with Crippen molar-refractivity contribution in [1.29, 1.82) is 0 Å². The summed E-state index contributed by atoms with van der Waals surface area (Å²) < 4.78 is 24.4. The minimum Gasteiger partial charge on any atom is -0.508 e. The van der Waals surface area contributed by atoms with Crippen molar-refractivity contribution in [1.82, 2.24) is 0 Å². The second kappa shape index (κ2) is 8.54. The molecule has 12 heteroatoms. The Morgan fingerprint density at radius 3 is 2.14 bits per heavy atom.